The summed E-state index contributed by atoms with van der Waals surface area (Å²) in [4.78, 5) is 5.90. The van der Waals surface area contributed by atoms with E-state index in [1.165, 1.54) is 15.6 Å². The number of nitrogens with zero attached hydrogens (tertiary/aromatic N) is 1. The van der Waals surface area contributed by atoms with Gasteiger partial charge in [0, 0.05) is 10.9 Å². The van der Waals surface area contributed by atoms with Crippen molar-refractivity contribution < 1.29 is 0 Å². The van der Waals surface area contributed by atoms with Crippen LogP contribution in [0.3, 0.4) is 0 Å². The van der Waals surface area contributed by atoms with Crippen molar-refractivity contribution in [1.82, 2.24) is 10.3 Å². The third-order valence-electron chi connectivity index (χ3n) is 3.71. The van der Waals surface area contributed by atoms with Gasteiger partial charge >= 0.3 is 0 Å². The number of aryl methyl sites for hydroxylation is 2. The Morgan fingerprint density at radius 2 is 1.61 bits per heavy atom. The molecule has 0 aromatic carbocycles. The number of aromatic nitrogens is 1. The lowest BCUT2D eigenvalue weighted by molar-refractivity contribution is 0.268. The zero-order valence-electron chi connectivity index (χ0n) is 12.9. The van der Waals surface area contributed by atoms with Gasteiger partial charge in [0.15, 0.2) is 0 Å². The van der Waals surface area contributed by atoms with Gasteiger partial charge in [0.25, 0.3) is 0 Å². The van der Waals surface area contributed by atoms with Gasteiger partial charge in [-0.25, -0.2) is 4.98 Å². The quantitative estimate of drug-likeness (QED) is 0.830. The van der Waals surface area contributed by atoms with Gasteiger partial charge in [0.1, 0.15) is 0 Å². The molecule has 1 heterocycles. The van der Waals surface area contributed by atoms with Crippen LogP contribution in [-0.4, -0.2) is 11.5 Å². The van der Waals surface area contributed by atoms with E-state index in [0.29, 0.717) is 6.04 Å². The topological polar surface area (TPSA) is 24.9 Å². The van der Waals surface area contributed by atoms with Gasteiger partial charge < -0.3 is 5.32 Å². The van der Waals surface area contributed by atoms with E-state index in [-0.39, 0.29) is 0 Å². The molecule has 0 saturated carbocycles. The Kier molecular flexibility index (Phi) is 5.80. The van der Waals surface area contributed by atoms with Gasteiger partial charge in [-0.3, -0.25) is 0 Å². The Balaban J connectivity index is 2.60. The summed E-state index contributed by atoms with van der Waals surface area (Å²) in [6.45, 7) is 16.8. The fraction of sp³-hybridized carbons (Fsp3) is 0.800. The average Bonchev–Trinajstić information content (AvgIpc) is 2.56. The zero-order chi connectivity index (χ0) is 13.9. The molecule has 0 amide bonds. The maximum atomic E-state index is 4.51. The van der Waals surface area contributed by atoms with Crippen LogP contribution < -0.4 is 5.32 Å². The monoisotopic (exact) mass is 268 g/mol. The molecule has 0 fully saturated rings. The lowest BCUT2D eigenvalue weighted by atomic mass is 9.85. The van der Waals surface area contributed by atoms with Crippen molar-refractivity contribution in [1.29, 1.82) is 0 Å². The number of nitrogens with one attached hydrogen (secondary N) is 1. The molecule has 1 unspecified atom stereocenters. The molecule has 1 aromatic rings. The molecule has 1 N–H and O–H groups in total. The second kappa shape index (κ2) is 6.67. The first kappa shape index (κ1) is 15.6. The largest absolute Gasteiger partial charge is 0.309 e. The molecule has 104 valence electrons. The second-order valence-electron chi connectivity index (χ2n) is 5.96. The smallest absolute Gasteiger partial charge is 0.0900 e. The lowest BCUT2D eigenvalue weighted by Gasteiger charge is -2.27. The van der Waals surface area contributed by atoms with Gasteiger partial charge in [-0.15, -0.1) is 11.3 Å². The summed E-state index contributed by atoms with van der Waals surface area (Å²) in [7, 11) is 0. The van der Waals surface area contributed by atoms with Gasteiger partial charge in [-0.1, -0.05) is 27.7 Å². The minimum Gasteiger partial charge on any atom is -0.309 e. The molecule has 0 aliphatic carbocycles. The standard InChI is InChI=1S/C15H28N2S/c1-9(2)14(10(3)4)8-16-11(5)15-12(6)17-13(7)18-15/h9-11,14,16H,8H2,1-7H3. The van der Waals surface area contributed by atoms with E-state index in [4.69, 9.17) is 0 Å². The molecule has 0 spiro atoms. The van der Waals surface area contributed by atoms with Crippen molar-refractivity contribution in [3.63, 3.8) is 0 Å². The van der Waals surface area contributed by atoms with Crippen molar-refractivity contribution in [2.45, 2.75) is 54.5 Å². The highest BCUT2D eigenvalue weighted by Crippen LogP contribution is 2.26. The third kappa shape index (κ3) is 4.06. The Bertz CT molecular complexity index is 361. The third-order valence-corrected chi connectivity index (χ3v) is 4.96. The van der Waals surface area contributed by atoms with Crippen LogP contribution >= 0.6 is 11.3 Å². The molecular weight excluding hydrogens is 240 g/mol. The molecule has 2 nitrogen and oxygen atoms in total. The summed E-state index contributed by atoms with van der Waals surface area (Å²) < 4.78 is 0. The summed E-state index contributed by atoms with van der Waals surface area (Å²) >= 11 is 1.82. The minimum atomic E-state index is 0.413. The van der Waals surface area contributed by atoms with Crippen LogP contribution in [0.4, 0.5) is 0 Å². The summed E-state index contributed by atoms with van der Waals surface area (Å²) in [5, 5.41) is 4.85. The van der Waals surface area contributed by atoms with Gasteiger partial charge in [-0.2, -0.15) is 0 Å². The van der Waals surface area contributed by atoms with Crippen molar-refractivity contribution in [2.75, 3.05) is 6.54 Å². The van der Waals surface area contributed by atoms with Crippen LogP contribution in [0.5, 0.6) is 0 Å². The summed E-state index contributed by atoms with van der Waals surface area (Å²) in [6, 6.07) is 0.413. The summed E-state index contributed by atoms with van der Waals surface area (Å²) in [6.07, 6.45) is 0. The molecule has 18 heavy (non-hydrogen) atoms. The molecule has 0 aliphatic heterocycles. The number of hydrogen-bond donors (Lipinski definition) is 1. The molecule has 0 bridgehead atoms. The van der Waals surface area contributed by atoms with Gasteiger partial charge in [-0.05, 0) is 45.1 Å². The van der Waals surface area contributed by atoms with E-state index in [2.05, 4.69) is 58.8 Å². The molecule has 1 atom stereocenters. The fourth-order valence-electron chi connectivity index (χ4n) is 2.60. The van der Waals surface area contributed by atoms with Crippen LogP contribution in [0.2, 0.25) is 0 Å². The van der Waals surface area contributed by atoms with Crippen molar-refractivity contribution in [2.24, 2.45) is 17.8 Å². The molecular formula is C15H28N2S. The predicted octanol–water partition coefficient (Wildman–Crippen LogP) is 4.34. The SMILES string of the molecule is Cc1nc(C)c(C(C)NCC(C(C)C)C(C)C)s1. The van der Waals surface area contributed by atoms with E-state index in [1.807, 2.05) is 11.3 Å². The predicted molar refractivity (Wildman–Crippen MR) is 81.2 cm³/mol. The highest BCUT2D eigenvalue weighted by atomic mass is 32.1. The van der Waals surface area contributed by atoms with Crippen molar-refractivity contribution in [3.8, 4) is 0 Å². The Labute approximate surface area is 116 Å². The lowest BCUT2D eigenvalue weighted by Crippen LogP contribution is -2.31. The number of thiazole rings is 1. The maximum absolute atomic E-state index is 4.51. The van der Waals surface area contributed by atoms with E-state index in [1.54, 1.807) is 0 Å². The van der Waals surface area contributed by atoms with E-state index in [0.717, 1.165) is 24.3 Å². The summed E-state index contributed by atoms with van der Waals surface area (Å²) in [5.74, 6) is 2.20. The van der Waals surface area contributed by atoms with Crippen LogP contribution in [0.15, 0.2) is 0 Å². The van der Waals surface area contributed by atoms with E-state index in [9.17, 15) is 0 Å². The molecule has 0 saturated heterocycles. The Morgan fingerprint density at radius 3 is 2.00 bits per heavy atom. The zero-order valence-corrected chi connectivity index (χ0v) is 13.7. The first-order valence-corrected chi connectivity index (χ1v) is 7.81. The number of rotatable bonds is 6. The van der Waals surface area contributed by atoms with Crippen LogP contribution in [0.1, 0.15) is 56.2 Å². The van der Waals surface area contributed by atoms with E-state index >= 15 is 0 Å². The van der Waals surface area contributed by atoms with Gasteiger partial charge in [0.2, 0.25) is 0 Å². The van der Waals surface area contributed by atoms with Crippen LogP contribution in [0, 0.1) is 31.6 Å². The molecule has 0 radical (unpaired) electrons. The molecule has 0 aliphatic rings. The van der Waals surface area contributed by atoms with E-state index < -0.39 is 0 Å². The fourth-order valence-corrected chi connectivity index (χ4v) is 3.55. The first-order chi connectivity index (χ1) is 8.32. The Hall–Kier alpha value is -0.410. The number of hydrogen-bond acceptors (Lipinski definition) is 3. The first-order valence-electron chi connectivity index (χ1n) is 7.00. The van der Waals surface area contributed by atoms with Crippen molar-refractivity contribution in [3.05, 3.63) is 15.6 Å². The normalized spacial score (nSPS) is 13.9. The maximum Gasteiger partial charge on any atom is 0.0900 e. The van der Waals surface area contributed by atoms with Crippen molar-refractivity contribution >= 4 is 11.3 Å². The van der Waals surface area contributed by atoms with Crippen LogP contribution in [0.25, 0.3) is 0 Å². The Morgan fingerprint density at radius 1 is 1.06 bits per heavy atom. The average molecular weight is 268 g/mol. The minimum absolute atomic E-state index is 0.413. The van der Waals surface area contributed by atoms with Crippen LogP contribution in [-0.2, 0) is 0 Å². The second-order valence-corrected chi connectivity index (χ2v) is 7.20. The van der Waals surface area contributed by atoms with Gasteiger partial charge in [0.05, 0.1) is 10.7 Å². The molecule has 1 aromatic heterocycles. The molecule has 3 heteroatoms. The summed E-state index contributed by atoms with van der Waals surface area (Å²) in [5.41, 5.74) is 1.18. The molecule has 1 rings (SSSR count). The highest BCUT2D eigenvalue weighted by Gasteiger charge is 2.19. The highest BCUT2D eigenvalue weighted by molar-refractivity contribution is 7.11.